The second-order valence-electron chi connectivity index (χ2n) is 7.55. The first-order valence-electron chi connectivity index (χ1n) is 10.1. The molecule has 0 saturated carbocycles. The van der Waals surface area contributed by atoms with E-state index in [1.807, 2.05) is 24.3 Å². The number of aromatic amines is 1. The number of halogens is 3. The molecule has 0 aliphatic heterocycles. The molecule has 2 aromatic heterocycles. The number of aromatic nitrogens is 4. The first kappa shape index (κ1) is 25.9. The number of carboxylic acid groups (broad SMARTS) is 1. The zero-order valence-corrected chi connectivity index (χ0v) is 19.2. The number of hydrogen-bond donors (Lipinski definition) is 3. The van der Waals surface area contributed by atoms with Crippen LogP contribution in [0.5, 0.6) is 0 Å². The molecule has 0 aliphatic carbocycles. The van der Waals surface area contributed by atoms with Gasteiger partial charge in [0.15, 0.2) is 0 Å². The highest BCUT2D eigenvalue weighted by Crippen LogP contribution is 2.19. The van der Waals surface area contributed by atoms with E-state index in [4.69, 9.17) is 15.6 Å². The zero-order chi connectivity index (χ0) is 25.6. The summed E-state index contributed by atoms with van der Waals surface area (Å²) in [5, 5.41) is 7.12. The zero-order valence-electron chi connectivity index (χ0n) is 18.4. The number of fused-ring (bicyclic) bond motifs is 1. The van der Waals surface area contributed by atoms with Gasteiger partial charge in [-0.25, -0.2) is 9.78 Å². The summed E-state index contributed by atoms with van der Waals surface area (Å²) < 4.78 is 40.3. The third-order valence-electron chi connectivity index (χ3n) is 4.67. The lowest BCUT2D eigenvalue weighted by atomic mass is 10.1. The lowest BCUT2D eigenvalue weighted by molar-refractivity contribution is -0.192. The van der Waals surface area contributed by atoms with Gasteiger partial charge in [-0.05, 0) is 36.4 Å². The van der Waals surface area contributed by atoms with E-state index in [0.29, 0.717) is 11.5 Å². The molecular formula is C22H21F3N6O3S. The maximum Gasteiger partial charge on any atom is 0.490 e. The fourth-order valence-corrected chi connectivity index (χ4v) is 3.69. The van der Waals surface area contributed by atoms with Crippen LogP contribution < -0.4 is 11.3 Å². The highest BCUT2D eigenvalue weighted by molar-refractivity contribution is 7.00. The number of benzene rings is 2. The molecule has 4 aromatic rings. The first-order chi connectivity index (χ1) is 16.5. The normalized spacial score (nSPS) is 11.4. The van der Waals surface area contributed by atoms with Crippen LogP contribution in [0.25, 0.3) is 22.4 Å². The standard InChI is InChI=1S/C20H20N6OS.C2HF3O2/c1-26(12-14-5-6-17-18(8-14)25-28-24-17)11-13-3-2-4-15(7-13)20-22-16(10-21)9-19(27)23-20;3-2(4,5)1(6)7/h2-9H,10-12,21H2,1H3,(H,22,23,27);(H,6,7). The van der Waals surface area contributed by atoms with E-state index in [-0.39, 0.29) is 12.1 Å². The number of aliphatic carboxylic acids is 1. The van der Waals surface area contributed by atoms with Gasteiger partial charge in [0.1, 0.15) is 16.9 Å². The van der Waals surface area contributed by atoms with Crippen LogP contribution in [0.2, 0.25) is 0 Å². The van der Waals surface area contributed by atoms with E-state index >= 15 is 0 Å². The quantitative estimate of drug-likeness (QED) is 0.363. The molecule has 0 aliphatic rings. The average Bonchev–Trinajstić information content (AvgIpc) is 3.26. The van der Waals surface area contributed by atoms with Crippen LogP contribution in [0.4, 0.5) is 13.2 Å². The number of nitrogens with one attached hydrogen (secondary N) is 1. The molecule has 4 rings (SSSR count). The van der Waals surface area contributed by atoms with Crippen molar-refractivity contribution in [1.82, 2.24) is 23.6 Å². The summed E-state index contributed by atoms with van der Waals surface area (Å²) in [6.45, 7) is 1.80. The van der Waals surface area contributed by atoms with E-state index in [0.717, 1.165) is 35.2 Å². The minimum Gasteiger partial charge on any atom is -0.475 e. The molecule has 0 spiro atoms. The van der Waals surface area contributed by atoms with Crippen LogP contribution in [0, 0.1) is 0 Å². The van der Waals surface area contributed by atoms with Crippen molar-refractivity contribution < 1.29 is 23.1 Å². The van der Waals surface area contributed by atoms with Crippen molar-refractivity contribution in [2.75, 3.05) is 7.05 Å². The van der Waals surface area contributed by atoms with E-state index in [1.54, 1.807) is 0 Å². The van der Waals surface area contributed by atoms with E-state index in [2.05, 4.69) is 48.9 Å². The van der Waals surface area contributed by atoms with Crippen molar-refractivity contribution >= 4 is 28.7 Å². The van der Waals surface area contributed by atoms with Crippen molar-refractivity contribution in [3.8, 4) is 11.4 Å². The Hall–Kier alpha value is -3.68. The smallest absolute Gasteiger partial charge is 0.475 e. The van der Waals surface area contributed by atoms with Gasteiger partial charge in [0.05, 0.1) is 17.4 Å². The first-order valence-corrected chi connectivity index (χ1v) is 10.9. The minimum absolute atomic E-state index is 0.195. The lowest BCUT2D eigenvalue weighted by Gasteiger charge is -2.17. The Balaban J connectivity index is 0.000000429. The Morgan fingerprint density at radius 3 is 2.40 bits per heavy atom. The molecule has 0 amide bonds. The van der Waals surface area contributed by atoms with Gasteiger partial charge in [-0.1, -0.05) is 24.3 Å². The molecule has 0 atom stereocenters. The van der Waals surface area contributed by atoms with Crippen LogP contribution in [0.3, 0.4) is 0 Å². The Bertz CT molecular complexity index is 1370. The molecule has 0 radical (unpaired) electrons. The summed E-state index contributed by atoms with van der Waals surface area (Å²) in [5.74, 6) is -2.22. The Labute approximate surface area is 201 Å². The van der Waals surface area contributed by atoms with Crippen molar-refractivity contribution in [2.45, 2.75) is 25.8 Å². The molecule has 0 unspecified atom stereocenters. The van der Waals surface area contributed by atoms with Gasteiger partial charge >= 0.3 is 12.1 Å². The van der Waals surface area contributed by atoms with Crippen LogP contribution in [-0.2, 0) is 24.4 Å². The lowest BCUT2D eigenvalue weighted by Crippen LogP contribution is -2.21. The van der Waals surface area contributed by atoms with Gasteiger partial charge in [-0.3, -0.25) is 9.69 Å². The van der Waals surface area contributed by atoms with Gasteiger partial charge < -0.3 is 15.8 Å². The van der Waals surface area contributed by atoms with Crippen LogP contribution >= 0.6 is 11.7 Å². The largest absolute Gasteiger partial charge is 0.490 e. The van der Waals surface area contributed by atoms with Gasteiger partial charge in [-0.2, -0.15) is 21.9 Å². The predicted molar refractivity (Wildman–Crippen MR) is 124 cm³/mol. The maximum atomic E-state index is 11.8. The van der Waals surface area contributed by atoms with Gasteiger partial charge in [-0.15, -0.1) is 0 Å². The molecule has 0 bridgehead atoms. The monoisotopic (exact) mass is 506 g/mol. The molecule has 4 N–H and O–H groups in total. The fraction of sp³-hybridized carbons (Fsp3) is 0.227. The summed E-state index contributed by atoms with van der Waals surface area (Å²) >= 11 is 1.23. The highest BCUT2D eigenvalue weighted by atomic mass is 32.1. The number of nitrogens with two attached hydrogens (primary N) is 1. The average molecular weight is 507 g/mol. The van der Waals surface area contributed by atoms with Gasteiger partial charge in [0.2, 0.25) is 0 Å². The summed E-state index contributed by atoms with van der Waals surface area (Å²) in [4.78, 5) is 30.2. The maximum absolute atomic E-state index is 11.8. The van der Waals surface area contributed by atoms with Crippen molar-refractivity contribution in [3.05, 3.63) is 75.7 Å². The third kappa shape index (κ3) is 7.40. The minimum atomic E-state index is -5.08. The number of alkyl halides is 3. The van der Waals surface area contributed by atoms with Crippen LogP contribution in [0.1, 0.15) is 16.8 Å². The van der Waals surface area contributed by atoms with E-state index in [1.165, 1.54) is 23.4 Å². The van der Waals surface area contributed by atoms with Crippen molar-refractivity contribution in [2.24, 2.45) is 5.73 Å². The van der Waals surface area contributed by atoms with Gasteiger partial charge in [0, 0.05) is 31.3 Å². The third-order valence-corrected chi connectivity index (χ3v) is 5.23. The van der Waals surface area contributed by atoms with E-state index in [9.17, 15) is 18.0 Å². The molecule has 9 nitrogen and oxygen atoms in total. The number of hydrogen-bond acceptors (Lipinski definition) is 8. The number of carbonyl (C=O) groups is 1. The molecule has 184 valence electrons. The SMILES string of the molecule is CN(Cc1cccc(-c2nc(CN)cc(=O)[nH]2)c1)Cc1ccc2nsnc2c1.O=C(O)C(F)(F)F. The molecular weight excluding hydrogens is 485 g/mol. The summed E-state index contributed by atoms with van der Waals surface area (Å²) in [5.41, 5.74) is 11.1. The van der Waals surface area contributed by atoms with E-state index < -0.39 is 12.1 Å². The number of carboxylic acids is 1. The van der Waals surface area contributed by atoms with Crippen molar-refractivity contribution in [3.63, 3.8) is 0 Å². The number of H-pyrrole nitrogens is 1. The molecule has 35 heavy (non-hydrogen) atoms. The topological polar surface area (TPSA) is 138 Å². The second kappa shape index (κ2) is 11.2. The molecule has 0 fully saturated rings. The predicted octanol–water partition coefficient (Wildman–Crippen LogP) is 3.17. The molecule has 2 heterocycles. The highest BCUT2D eigenvalue weighted by Gasteiger charge is 2.38. The summed E-state index contributed by atoms with van der Waals surface area (Å²) in [7, 11) is 2.07. The van der Waals surface area contributed by atoms with Crippen molar-refractivity contribution in [1.29, 1.82) is 0 Å². The molecule has 0 saturated heterocycles. The van der Waals surface area contributed by atoms with Gasteiger partial charge in [0.25, 0.3) is 5.56 Å². The number of rotatable bonds is 6. The summed E-state index contributed by atoms with van der Waals surface area (Å²) in [6.07, 6.45) is -5.08. The Kier molecular flexibility index (Phi) is 8.27. The Morgan fingerprint density at radius 1 is 1.09 bits per heavy atom. The molecule has 2 aromatic carbocycles. The second-order valence-corrected chi connectivity index (χ2v) is 8.08. The Morgan fingerprint density at radius 2 is 1.74 bits per heavy atom. The summed E-state index contributed by atoms with van der Waals surface area (Å²) in [6, 6.07) is 15.6. The van der Waals surface area contributed by atoms with Crippen LogP contribution in [0.15, 0.2) is 53.3 Å². The molecule has 13 heteroatoms. The van der Waals surface area contributed by atoms with Crippen LogP contribution in [-0.4, -0.2) is 47.9 Å². The fourth-order valence-electron chi connectivity index (χ4n) is 3.17. The number of nitrogens with zero attached hydrogens (tertiary/aromatic N) is 4.